The number of aromatic nitrogens is 2. The lowest BCUT2D eigenvalue weighted by atomic mass is 9.99. The van der Waals surface area contributed by atoms with E-state index in [2.05, 4.69) is 15.3 Å². The quantitative estimate of drug-likeness (QED) is 0.602. The summed E-state index contributed by atoms with van der Waals surface area (Å²) in [6.45, 7) is 4.41. The van der Waals surface area contributed by atoms with Crippen molar-refractivity contribution in [2.24, 2.45) is 0 Å². The van der Waals surface area contributed by atoms with Crippen LogP contribution in [0.2, 0.25) is 0 Å². The molecule has 0 saturated carbocycles. The van der Waals surface area contributed by atoms with Gasteiger partial charge in [-0.3, -0.25) is 19.3 Å². The maximum absolute atomic E-state index is 12.3. The van der Waals surface area contributed by atoms with Crippen LogP contribution < -0.4 is 10.9 Å². The molecule has 1 aromatic carbocycles. The molecule has 2 heterocycles. The summed E-state index contributed by atoms with van der Waals surface area (Å²) in [6, 6.07) is 6.17. The van der Waals surface area contributed by atoms with E-state index >= 15 is 0 Å². The van der Waals surface area contributed by atoms with Gasteiger partial charge in [-0.1, -0.05) is 19.1 Å². The topological polar surface area (TPSA) is 121 Å². The number of benzene rings is 1. The van der Waals surface area contributed by atoms with E-state index in [1.807, 2.05) is 0 Å². The lowest BCUT2D eigenvalue weighted by Gasteiger charge is -2.19. The van der Waals surface area contributed by atoms with E-state index < -0.39 is 36.1 Å². The van der Waals surface area contributed by atoms with Gasteiger partial charge in [0.15, 0.2) is 11.9 Å². The number of ether oxygens (including phenoxy) is 1. The largest absolute Gasteiger partial charge is 0.453 e. The first kappa shape index (κ1) is 18.6. The van der Waals surface area contributed by atoms with E-state index in [-0.39, 0.29) is 11.4 Å². The molecule has 9 heteroatoms. The monoisotopic (exact) mass is 372 g/mol. The number of H-pyrrole nitrogens is 1. The number of para-hydroxylation sites is 1. The standard InChI is InChI=1S/C18H20N4O5/c1-4-18(3)16(25)22(17(26)21-18)9-13(23)27-10(2)14-19-12-8-6-5-7-11(12)15(24)20-14/h5-8,10H,4,9H2,1-3H3,(H,21,26)(H,19,20,24)/t10-,18+/m0/s1. The molecule has 1 aliphatic rings. The van der Waals surface area contributed by atoms with Crippen molar-refractivity contribution in [3.63, 3.8) is 0 Å². The summed E-state index contributed by atoms with van der Waals surface area (Å²) in [5.41, 5.74) is -0.882. The normalized spacial score (nSPS) is 20.6. The number of hydrogen-bond acceptors (Lipinski definition) is 6. The second-order valence-corrected chi connectivity index (χ2v) is 6.61. The maximum atomic E-state index is 12.3. The molecule has 2 N–H and O–H groups in total. The summed E-state index contributed by atoms with van der Waals surface area (Å²) < 4.78 is 5.26. The SMILES string of the molecule is CC[C@@]1(C)NC(=O)N(CC(=O)O[C@@H](C)c2nc3ccccc3c(=O)[nH]2)C1=O. The Kier molecular flexibility index (Phi) is 4.69. The predicted molar refractivity (Wildman–Crippen MR) is 95.8 cm³/mol. The number of nitrogens with zero attached hydrogens (tertiary/aromatic N) is 2. The van der Waals surface area contributed by atoms with Gasteiger partial charge in [0.2, 0.25) is 0 Å². The number of imide groups is 1. The van der Waals surface area contributed by atoms with Crippen molar-refractivity contribution in [1.82, 2.24) is 20.2 Å². The lowest BCUT2D eigenvalue weighted by Crippen LogP contribution is -2.43. The van der Waals surface area contributed by atoms with E-state index in [1.54, 1.807) is 45.0 Å². The molecule has 9 nitrogen and oxygen atoms in total. The Morgan fingerprint density at radius 3 is 2.67 bits per heavy atom. The van der Waals surface area contributed by atoms with Crippen LogP contribution in [0.5, 0.6) is 0 Å². The van der Waals surface area contributed by atoms with Crippen LogP contribution in [0.25, 0.3) is 10.9 Å². The molecule has 1 aliphatic heterocycles. The van der Waals surface area contributed by atoms with E-state index in [0.29, 0.717) is 17.3 Å². The lowest BCUT2D eigenvalue weighted by molar-refractivity contribution is -0.152. The van der Waals surface area contributed by atoms with Crippen molar-refractivity contribution in [2.75, 3.05) is 6.54 Å². The van der Waals surface area contributed by atoms with Crippen LogP contribution in [0.1, 0.15) is 39.1 Å². The van der Waals surface area contributed by atoms with Gasteiger partial charge in [0, 0.05) is 0 Å². The average Bonchev–Trinajstić information content (AvgIpc) is 2.85. The summed E-state index contributed by atoms with van der Waals surface area (Å²) >= 11 is 0. The number of carbonyl (C=O) groups is 3. The van der Waals surface area contributed by atoms with Gasteiger partial charge in [0.25, 0.3) is 11.5 Å². The fourth-order valence-electron chi connectivity index (χ4n) is 2.85. The van der Waals surface area contributed by atoms with Crippen LogP contribution in [0, 0.1) is 0 Å². The molecule has 0 unspecified atom stereocenters. The first-order valence-corrected chi connectivity index (χ1v) is 8.57. The third-order valence-electron chi connectivity index (χ3n) is 4.66. The molecule has 142 valence electrons. The zero-order chi connectivity index (χ0) is 19.8. The van der Waals surface area contributed by atoms with Crippen molar-refractivity contribution in [1.29, 1.82) is 0 Å². The minimum atomic E-state index is -1.02. The second-order valence-electron chi connectivity index (χ2n) is 6.61. The van der Waals surface area contributed by atoms with Crippen LogP contribution in [-0.2, 0) is 14.3 Å². The van der Waals surface area contributed by atoms with Gasteiger partial charge in [-0.25, -0.2) is 9.78 Å². The second kappa shape index (κ2) is 6.82. The van der Waals surface area contributed by atoms with Crippen molar-refractivity contribution >= 4 is 28.8 Å². The highest BCUT2D eigenvalue weighted by Crippen LogP contribution is 2.21. The van der Waals surface area contributed by atoms with Gasteiger partial charge < -0.3 is 15.0 Å². The van der Waals surface area contributed by atoms with Gasteiger partial charge in [-0.15, -0.1) is 0 Å². The number of hydrogen-bond donors (Lipinski definition) is 2. The Morgan fingerprint density at radius 2 is 2.00 bits per heavy atom. The Hall–Kier alpha value is -3.23. The molecule has 2 atom stereocenters. The Balaban J connectivity index is 1.72. The summed E-state index contributed by atoms with van der Waals surface area (Å²) in [4.78, 5) is 56.3. The first-order chi connectivity index (χ1) is 12.7. The van der Waals surface area contributed by atoms with Gasteiger partial charge in [0.1, 0.15) is 12.1 Å². The molecule has 0 spiro atoms. The van der Waals surface area contributed by atoms with Crippen LogP contribution in [-0.4, -0.2) is 44.9 Å². The predicted octanol–water partition coefficient (Wildman–Crippen LogP) is 1.25. The minimum absolute atomic E-state index is 0.183. The van der Waals surface area contributed by atoms with Crippen molar-refractivity contribution in [3.8, 4) is 0 Å². The zero-order valence-corrected chi connectivity index (χ0v) is 15.2. The molecule has 1 aromatic heterocycles. The van der Waals surface area contributed by atoms with E-state index in [1.165, 1.54) is 0 Å². The van der Waals surface area contributed by atoms with Crippen molar-refractivity contribution in [2.45, 2.75) is 38.8 Å². The van der Waals surface area contributed by atoms with Gasteiger partial charge in [0.05, 0.1) is 10.9 Å². The minimum Gasteiger partial charge on any atom is -0.453 e. The Labute approximate surface area is 154 Å². The summed E-state index contributed by atoms with van der Waals surface area (Å²) in [5.74, 6) is -1.07. The molecule has 0 radical (unpaired) electrons. The number of rotatable bonds is 5. The number of aromatic amines is 1. The number of esters is 1. The van der Waals surface area contributed by atoms with Crippen LogP contribution in [0.3, 0.4) is 0 Å². The fourth-order valence-corrected chi connectivity index (χ4v) is 2.85. The van der Waals surface area contributed by atoms with Crippen molar-refractivity contribution in [3.05, 3.63) is 40.4 Å². The number of carbonyl (C=O) groups excluding carboxylic acids is 3. The van der Waals surface area contributed by atoms with Crippen LogP contribution in [0.4, 0.5) is 4.79 Å². The molecule has 1 saturated heterocycles. The first-order valence-electron chi connectivity index (χ1n) is 8.57. The smallest absolute Gasteiger partial charge is 0.326 e. The molecule has 27 heavy (non-hydrogen) atoms. The van der Waals surface area contributed by atoms with E-state index in [0.717, 1.165) is 4.90 Å². The Bertz CT molecular complexity index is 985. The fraction of sp³-hybridized carbons (Fsp3) is 0.389. The van der Waals surface area contributed by atoms with Crippen molar-refractivity contribution < 1.29 is 19.1 Å². The number of amides is 3. The zero-order valence-electron chi connectivity index (χ0n) is 15.2. The van der Waals surface area contributed by atoms with Gasteiger partial charge in [-0.2, -0.15) is 0 Å². The molecule has 3 rings (SSSR count). The molecular formula is C18H20N4O5. The molecule has 2 aromatic rings. The third-order valence-corrected chi connectivity index (χ3v) is 4.66. The average molecular weight is 372 g/mol. The molecule has 0 bridgehead atoms. The highest BCUT2D eigenvalue weighted by molar-refractivity contribution is 6.08. The maximum Gasteiger partial charge on any atom is 0.326 e. The van der Waals surface area contributed by atoms with Crippen LogP contribution in [0.15, 0.2) is 29.1 Å². The molecule has 3 amide bonds. The summed E-state index contributed by atoms with van der Waals surface area (Å²) in [6.07, 6.45) is -0.449. The van der Waals surface area contributed by atoms with Gasteiger partial charge in [-0.05, 0) is 32.4 Å². The van der Waals surface area contributed by atoms with Crippen LogP contribution >= 0.6 is 0 Å². The van der Waals surface area contributed by atoms with Gasteiger partial charge >= 0.3 is 12.0 Å². The molecule has 0 aliphatic carbocycles. The summed E-state index contributed by atoms with van der Waals surface area (Å²) in [7, 11) is 0. The Morgan fingerprint density at radius 1 is 1.30 bits per heavy atom. The number of urea groups is 1. The number of nitrogens with one attached hydrogen (secondary N) is 2. The highest BCUT2D eigenvalue weighted by atomic mass is 16.5. The third kappa shape index (κ3) is 3.40. The summed E-state index contributed by atoms with van der Waals surface area (Å²) in [5, 5.41) is 3.00. The number of fused-ring (bicyclic) bond motifs is 1. The molecule has 1 fully saturated rings. The van der Waals surface area contributed by atoms with E-state index in [4.69, 9.17) is 4.74 Å². The van der Waals surface area contributed by atoms with E-state index in [9.17, 15) is 19.2 Å². The molecular weight excluding hydrogens is 352 g/mol. The highest BCUT2D eigenvalue weighted by Gasteiger charge is 2.47.